The first-order valence-corrected chi connectivity index (χ1v) is 16.2. The smallest absolute Gasteiger partial charge is 0.146 e. The summed E-state index contributed by atoms with van der Waals surface area (Å²) in [6, 6.07) is 52.8. The third-order valence-electron chi connectivity index (χ3n) is 8.60. The topological polar surface area (TPSA) is 30.2 Å². The zero-order valence-electron chi connectivity index (χ0n) is 23.8. The van der Waals surface area contributed by atoms with Gasteiger partial charge in [0.1, 0.15) is 5.65 Å². The molecule has 3 heterocycles. The molecule has 9 rings (SSSR count). The average molecular weight is 580 g/mol. The van der Waals surface area contributed by atoms with E-state index in [9.17, 15) is 0 Å². The molecule has 0 aliphatic carbocycles. The van der Waals surface area contributed by atoms with Crippen molar-refractivity contribution in [3.8, 4) is 11.1 Å². The van der Waals surface area contributed by atoms with Crippen LogP contribution in [0.25, 0.3) is 60.3 Å². The van der Waals surface area contributed by atoms with Crippen molar-refractivity contribution in [2.45, 2.75) is 0 Å². The number of aromatic nitrogens is 3. The lowest BCUT2D eigenvalue weighted by molar-refractivity contribution is 1.27. The van der Waals surface area contributed by atoms with Gasteiger partial charge in [0.2, 0.25) is 0 Å². The normalized spacial score (nSPS) is 11.8. The van der Waals surface area contributed by atoms with Gasteiger partial charge in [0.25, 0.3) is 0 Å². The van der Waals surface area contributed by atoms with Crippen molar-refractivity contribution in [2.24, 2.45) is 0 Å². The molecular weight excluding hydrogens is 553 g/mol. The van der Waals surface area contributed by atoms with Crippen LogP contribution >= 0.6 is 7.92 Å². The molecule has 3 nitrogen and oxygen atoms in total. The molecule has 0 aliphatic heterocycles. The highest BCUT2D eigenvalue weighted by Gasteiger charge is 2.17. The van der Waals surface area contributed by atoms with Gasteiger partial charge in [0, 0.05) is 17.0 Å². The average Bonchev–Trinajstić information content (AvgIpc) is 3.49. The summed E-state index contributed by atoms with van der Waals surface area (Å²) >= 11 is 0. The molecule has 0 spiro atoms. The van der Waals surface area contributed by atoms with Crippen molar-refractivity contribution in [3.05, 3.63) is 158 Å². The van der Waals surface area contributed by atoms with Crippen LogP contribution in [0.1, 0.15) is 0 Å². The molecule has 9 aromatic rings. The van der Waals surface area contributed by atoms with E-state index >= 15 is 0 Å². The monoisotopic (exact) mass is 579 g/mol. The minimum atomic E-state index is -0.666. The number of hydrogen-bond donors (Lipinski definition) is 0. The number of fused-ring (bicyclic) bond motifs is 9. The number of benzene rings is 6. The first-order chi connectivity index (χ1) is 21.8. The Bertz CT molecular complexity index is 2460. The van der Waals surface area contributed by atoms with Crippen LogP contribution in [-0.2, 0) is 0 Å². The molecule has 206 valence electrons. The summed E-state index contributed by atoms with van der Waals surface area (Å²) in [6.07, 6.45) is 3.82. The quantitative estimate of drug-likeness (QED) is 0.154. The van der Waals surface area contributed by atoms with Gasteiger partial charge in [-0.2, -0.15) is 0 Å². The Balaban J connectivity index is 1.20. The first kappa shape index (κ1) is 25.2. The molecule has 0 bridgehead atoms. The Kier molecular flexibility index (Phi) is 5.79. The van der Waals surface area contributed by atoms with E-state index < -0.39 is 7.92 Å². The van der Waals surface area contributed by atoms with Crippen LogP contribution in [0, 0.1) is 0 Å². The number of imidazole rings is 1. The van der Waals surface area contributed by atoms with Crippen molar-refractivity contribution in [1.29, 1.82) is 0 Å². The van der Waals surface area contributed by atoms with Crippen LogP contribution in [0.15, 0.2) is 158 Å². The summed E-state index contributed by atoms with van der Waals surface area (Å²) in [5, 5.41) is 10.1. The summed E-state index contributed by atoms with van der Waals surface area (Å²) in [7, 11) is -0.666. The number of pyridine rings is 2. The Morgan fingerprint density at radius 3 is 1.95 bits per heavy atom. The summed E-state index contributed by atoms with van der Waals surface area (Å²) in [6.45, 7) is 0. The zero-order valence-corrected chi connectivity index (χ0v) is 24.7. The fourth-order valence-electron chi connectivity index (χ4n) is 6.54. The fraction of sp³-hybridized carbons (Fsp3) is 0. The number of nitrogens with zero attached hydrogens (tertiary/aromatic N) is 3. The highest BCUT2D eigenvalue weighted by Crippen LogP contribution is 2.36. The van der Waals surface area contributed by atoms with E-state index in [1.807, 2.05) is 12.4 Å². The maximum Gasteiger partial charge on any atom is 0.146 e. The summed E-state index contributed by atoms with van der Waals surface area (Å²) in [4.78, 5) is 9.65. The van der Waals surface area contributed by atoms with E-state index in [1.165, 1.54) is 43.0 Å². The zero-order chi connectivity index (χ0) is 29.0. The summed E-state index contributed by atoms with van der Waals surface area (Å²) < 4.78 is 2.26. The Hall–Kier alpha value is -5.37. The highest BCUT2D eigenvalue weighted by atomic mass is 31.1. The highest BCUT2D eigenvalue weighted by molar-refractivity contribution is 7.79. The van der Waals surface area contributed by atoms with Crippen molar-refractivity contribution in [3.63, 3.8) is 0 Å². The van der Waals surface area contributed by atoms with Crippen molar-refractivity contribution >= 4 is 73.0 Å². The van der Waals surface area contributed by atoms with E-state index in [0.29, 0.717) is 0 Å². The molecule has 6 aromatic carbocycles. The van der Waals surface area contributed by atoms with Crippen LogP contribution in [0.4, 0.5) is 0 Å². The molecule has 0 fully saturated rings. The predicted octanol–water partition coefficient (Wildman–Crippen LogP) is 8.77. The molecule has 44 heavy (non-hydrogen) atoms. The van der Waals surface area contributed by atoms with Crippen LogP contribution in [0.3, 0.4) is 0 Å². The Morgan fingerprint density at radius 1 is 0.477 bits per heavy atom. The van der Waals surface area contributed by atoms with Gasteiger partial charge in [-0.1, -0.05) is 115 Å². The molecule has 0 saturated heterocycles. The van der Waals surface area contributed by atoms with E-state index in [4.69, 9.17) is 4.98 Å². The fourth-order valence-corrected chi connectivity index (χ4v) is 8.87. The van der Waals surface area contributed by atoms with Gasteiger partial charge in [0.05, 0.1) is 22.7 Å². The summed E-state index contributed by atoms with van der Waals surface area (Å²) in [5.74, 6) is 0. The minimum Gasteiger partial charge on any atom is -0.290 e. The van der Waals surface area contributed by atoms with E-state index in [0.717, 1.165) is 33.1 Å². The standard InChI is InChI=1S/C40H26N3P/c1-3-9-31(10-4-1)44(32-11-5-2-6-12-32)33-19-17-27-15-16-28(23-30(27)24-33)29-18-20-38-37(25-29)42-40-36-14-8-7-13-34(36)35-21-22-41-26-39(35)43(38)40/h1-26H. The SMILES string of the molecule is c1ccc(P(c2ccccc2)c2ccc3ccc(-c4ccc5c(c4)nc4c6ccccc6c6ccncc6n54)cc3c2)cc1. The van der Waals surface area contributed by atoms with Crippen molar-refractivity contribution in [1.82, 2.24) is 14.4 Å². The lowest BCUT2D eigenvalue weighted by Gasteiger charge is -2.20. The van der Waals surface area contributed by atoms with E-state index in [1.54, 1.807) is 0 Å². The lowest BCUT2D eigenvalue weighted by Crippen LogP contribution is -2.20. The largest absolute Gasteiger partial charge is 0.290 e. The maximum atomic E-state index is 5.18. The third kappa shape index (κ3) is 4.01. The predicted molar refractivity (Wildman–Crippen MR) is 187 cm³/mol. The molecule has 0 aliphatic rings. The molecule has 4 heteroatoms. The number of hydrogen-bond acceptors (Lipinski definition) is 2. The van der Waals surface area contributed by atoms with Gasteiger partial charge >= 0.3 is 0 Å². The van der Waals surface area contributed by atoms with Gasteiger partial charge in [-0.15, -0.1) is 0 Å². The molecule has 0 N–H and O–H groups in total. The van der Waals surface area contributed by atoms with Crippen LogP contribution in [-0.4, -0.2) is 14.4 Å². The van der Waals surface area contributed by atoms with Crippen molar-refractivity contribution in [2.75, 3.05) is 0 Å². The Morgan fingerprint density at radius 2 is 1.16 bits per heavy atom. The molecule has 0 unspecified atom stereocenters. The first-order valence-electron chi connectivity index (χ1n) is 14.8. The van der Waals surface area contributed by atoms with Gasteiger partial charge in [-0.05, 0) is 81.5 Å². The molecule has 0 saturated carbocycles. The molecule has 0 radical (unpaired) electrons. The van der Waals surface area contributed by atoms with Gasteiger partial charge in [-0.25, -0.2) is 4.98 Å². The van der Waals surface area contributed by atoms with Gasteiger partial charge < -0.3 is 0 Å². The van der Waals surface area contributed by atoms with E-state index in [-0.39, 0.29) is 0 Å². The number of rotatable bonds is 4. The van der Waals surface area contributed by atoms with Crippen molar-refractivity contribution < 1.29 is 0 Å². The van der Waals surface area contributed by atoms with Crippen LogP contribution < -0.4 is 15.9 Å². The van der Waals surface area contributed by atoms with Crippen LogP contribution in [0.2, 0.25) is 0 Å². The second-order valence-corrected chi connectivity index (χ2v) is 13.4. The van der Waals surface area contributed by atoms with Gasteiger partial charge in [0.15, 0.2) is 0 Å². The minimum absolute atomic E-state index is 0.666. The lowest BCUT2D eigenvalue weighted by atomic mass is 10.0. The van der Waals surface area contributed by atoms with E-state index in [2.05, 4.69) is 155 Å². The molecule has 3 aromatic heterocycles. The maximum absolute atomic E-state index is 5.18. The Labute approximate surface area is 255 Å². The van der Waals surface area contributed by atoms with Gasteiger partial charge in [-0.3, -0.25) is 9.38 Å². The summed E-state index contributed by atoms with van der Waals surface area (Å²) in [5.41, 5.74) is 6.46. The van der Waals surface area contributed by atoms with Crippen LogP contribution in [0.5, 0.6) is 0 Å². The molecule has 0 atom stereocenters. The third-order valence-corrected chi connectivity index (χ3v) is 11.0. The second kappa shape index (κ2) is 10.1. The second-order valence-electron chi connectivity index (χ2n) is 11.2. The molecular formula is C40H26N3P. The molecule has 0 amide bonds.